The molecule has 0 radical (unpaired) electrons. The average molecular weight is 235 g/mol. The van der Waals surface area contributed by atoms with Crippen LogP contribution in [0.2, 0.25) is 0 Å². The number of alkyl halides is 2. The fourth-order valence-electron chi connectivity index (χ4n) is 2.18. The van der Waals surface area contributed by atoms with Crippen LogP contribution in [0.4, 0.5) is 8.78 Å². The lowest BCUT2D eigenvalue weighted by atomic mass is 9.88. The van der Waals surface area contributed by atoms with Crippen LogP contribution >= 0.6 is 0 Å². The van der Waals surface area contributed by atoms with Gasteiger partial charge in [0.2, 0.25) is 6.43 Å². The van der Waals surface area contributed by atoms with E-state index in [9.17, 15) is 13.6 Å². The summed E-state index contributed by atoms with van der Waals surface area (Å²) >= 11 is 0. The Morgan fingerprint density at radius 1 is 1.44 bits per heavy atom. The summed E-state index contributed by atoms with van der Waals surface area (Å²) in [7, 11) is 0. The zero-order chi connectivity index (χ0) is 12.0. The standard InChI is InChI=1S/C11H19F2NO2/c12-10(13)4-2-1-3-8-5-6-14-9(7-8)11(15)16/h8-10,14H,1-7H2,(H,15,16). The highest BCUT2D eigenvalue weighted by atomic mass is 19.3. The van der Waals surface area contributed by atoms with E-state index < -0.39 is 18.4 Å². The van der Waals surface area contributed by atoms with Gasteiger partial charge in [0.05, 0.1) is 0 Å². The summed E-state index contributed by atoms with van der Waals surface area (Å²) in [5.74, 6) is -0.433. The van der Waals surface area contributed by atoms with Crippen molar-refractivity contribution < 1.29 is 18.7 Å². The Balaban J connectivity index is 2.14. The van der Waals surface area contributed by atoms with Crippen LogP contribution in [0.15, 0.2) is 0 Å². The molecule has 2 N–H and O–H groups in total. The molecule has 2 unspecified atom stereocenters. The van der Waals surface area contributed by atoms with E-state index in [2.05, 4.69) is 5.32 Å². The van der Waals surface area contributed by atoms with E-state index in [1.807, 2.05) is 0 Å². The number of carboxylic acid groups (broad SMARTS) is 1. The van der Waals surface area contributed by atoms with E-state index in [-0.39, 0.29) is 6.42 Å². The minimum Gasteiger partial charge on any atom is -0.480 e. The van der Waals surface area contributed by atoms with Crippen LogP contribution in [0.3, 0.4) is 0 Å². The van der Waals surface area contributed by atoms with Gasteiger partial charge in [-0.25, -0.2) is 8.78 Å². The van der Waals surface area contributed by atoms with Gasteiger partial charge in [0.25, 0.3) is 0 Å². The molecule has 0 saturated carbocycles. The molecule has 5 heteroatoms. The van der Waals surface area contributed by atoms with E-state index in [1.165, 1.54) is 0 Å². The molecule has 2 atom stereocenters. The summed E-state index contributed by atoms with van der Waals surface area (Å²) < 4.78 is 23.8. The molecule has 0 aromatic carbocycles. The quantitative estimate of drug-likeness (QED) is 0.694. The molecule has 1 fully saturated rings. The maximum Gasteiger partial charge on any atom is 0.320 e. The number of hydrogen-bond donors (Lipinski definition) is 2. The normalized spacial score (nSPS) is 25.9. The lowest BCUT2D eigenvalue weighted by Gasteiger charge is -2.27. The lowest BCUT2D eigenvalue weighted by Crippen LogP contribution is -2.43. The number of rotatable bonds is 6. The van der Waals surface area contributed by atoms with Crippen LogP contribution in [0.1, 0.15) is 38.5 Å². The van der Waals surface area contributed by atoms with E-state index >= 15 is 0 Å². The average Bonchev–Trinajstić information content (AvgIpc) is 2.24. The maximum absolute atomic E-state index is 11.9. The first kappa shape index (κ1) is 13.4. The third-order valence-corrected chi connectivity index (χ3v) is 3.10. The van der Waals surface area contributed by atoms with Gasteiger partial charge in [-0.1, -0.05) is 12.8 Å². The van der Waals surface area contributed by atoms with Crippen LogP contribution in [0, 0.1) is 5.92 Å². The van der Waals surface area contributed by atoms with E-state index in [4.69, 9.17) is 5.11 Å². The fraction of sp³-hybridized carbons (Fsp3) is 0.909. The van der Waals surface area contributed by atoms with Crippen molar-refractivity contribution in [2.24, 2.45) is 5.92 Å². The highest BCUT2D eigenvalue weighted by Gasteiger charge is 2.25. The van der Waals surface area contributed by atoms with Gasteiger partial charge in [0.15, 0.2) is 0 Å². The zero-order valence-electron chi connectivity index (χ0n) is 9.29. The first-order valence-electron chi connectivity index (χ1n) is 5.84. The molecule has 0 bridgehead atoms. The highest BCUT2D eigenvalue weighted by Crippen LogP contribution is 2.23. The summed E-state index contributed by atoms with van der Waals surface area (Å²) in [6, 6.07) is -0.450. The third kappa shape index (κ3) is 4.88. The molecule has 1 aliphatic rings. The minimum atomic E-state index is -2.21. The van der Waals surface area contributed by atoms with Crippen LogP contribution in [-0.2, 0) is 4.79 Å². The Morgan fingerprint density at radius 3 is 2.81 bits per heavy atom. The van der Waals surface area contributed by atoms with Gasteiger partial charge < -0.3 is 10.4 Å². The van der Waals surface area contributed by atoms with Gasteiger partial charge in [0, 0.05) is 6.42 Å². The predicted octanol–water partition coefficient (Wildman–Crippen LogP) is 2.26. The Labute approximate surface area is 94.2 Å². The molecule has 0 aliphatic carbocycles. The second kappa shape index (κ2) is 6.78. The third-order valence-electron chi connectivity index (χ3n) is 3.10. The molecule has 1 rings (SSSR count). The van der Waals surface area contributed by atoms with Gasteiger partial charge in [-0.2, -0.15) is 0 Å². The second-order valence-corrected chi connectivity index (χ2v) is 4.41. The first-order chi connectivity index (χ1) is 7.59. The van der Waals surface area contributed by atoms with Gasteiger partial charge in [0.1, 0.15) is 6.04 Å². The van der Waals surface area contributed by atoms with Crippen molar-refractivity contribution in [3.63, 3.8) is 0 Å². The minimum absolute atomic E-state index is 0.0344. The fourth-order valence-corrected chi connectivity index (χ4v) is 2.18. The Morgan fingerprint density at radius 2 is 2.19 bits per heavy atom. The maximum atomic E-state index is 11.9. The SMILES string of the molecule is O=C(O)C1CC(CCCCC(F)F)CCN1. The molecule has 0 amide bonds. The molecule has 1 aliphatic heterocycles. The van der Waals surface area contributed by atoms with E-state index in [1.54, 1.807) is 0 Å². The topological polar surface area (TPSA) is 49.3 Å². The van der Waals surface area contributed by atoms with Gasteiger partial charge in [-0.15, -0.1) is 0 Å². The van der Waals surface area contributed by atoms with Gasteiger partial charge >= 0.3 is 5.97 Å². The number of carboxylic acids is 1. The molecular formula is C11H19F2NO2. The summed E-state index contributed by atoms with van der Waals surface area (Å²) in [5, 5.41) is 11.8. The predicted molar refractivity (Wildman–Crippen MR) is 56.6 cm³/mol. The number of carbonyl (C=O) groups is 1. The summed E-state index contributed by atoms with van der Waals surface area (Å²) in [4.78, 5) is 10.8. The second-order valence-electron chi connectivity index (χ2n) is 4.41. The number of hydrogen-bond acceptors (Lipinski definition) is 2. The van der Waals surface area contributed by atoms with E-state index in [0.29, 0.717) is 18.8 Å². The number of aliphatic carboxylic acids is 1. The highest BCUT2D eigenvalue weighted by molar-refractivity contribution is 5.73. The summed E-state index contributed by atoms with van der Waals surface area (Å²) in [6.45, 7) is 0.719. The number of piperidine rings is 1. The van der Waals surface area contributed by atoms with Crippen molar-refractivity contribution in [3.8, 4) is 0 Å². The van der Waals surface area contributed by atoms with E-state index in [0.717, 1.165) is 25.8 Å². The van der Waals surface area contributed by atoms with Crippen molar-refractivity contribution in [2.45, 2.75) is 51.0 Å². The number of halogens is 2. The molecule has 0 aromatic heterocycles. The van der Waals surface area contributed by atoms with Crippen LogP contribution in [0.5, 0.6) is 0 Å². The summed E-state index contributed by atoms with van der Waals surface area (Å²) in [5.41, 5.74) is 0. The van der Waals surface area contributed by atoms with Gasteiger partial charge in [-0.05, 0) is 31.7 Å². The first-order valence-corrected chi connectivity index (χ1v) is 5.84. The Kier molecular flexibility index (Phi) is 5.66. The molecule has 3 nitrogen and oxygen atoms in total. The molecule has 1 heterocycles. The molecule has 16 heavy (non-hydrogen) atoms. The molecule has 1 saturated heterocycles. The Bertz CT molecular complexity index is 224. The van der Waals surface area contributed by atoms with Crippen LogP contribution in [-0.4, -0.2) is 30.1 Å². The van der Waals surface area contributed by atoms with Gasteiger partial charge in [-0.3, -0.25) is 4.79 Å². The van der Waals surface area contributed by atoms with Crippen molar-refractivity contribution in [1.29, 1.82) is 0 Å². The van der Waals surface area contributed by atoms with Crippen molar-refractivity contribution in [3.05, 3.63) is 0 Å². The van der Waals surface area contributed by atoms with Crippen LogP contribution in [0.25, 0.3) is 0 Å². The molecule has 0 aromatic rings. The van der Waals surface area contributed by atoms with Crippen molar-refractivity contribution in [2.75, 3.05) is 6.54 Å². The molecule has 94 valence electrons. The van der Waals surface area contributed by atoms with Crippen molar-refractivity contribution >= 4 is 5.97 Å². The largest absolute Gasteiger partial charge is 0.480 e. The Hall–Kier alpha value is -0.710. The number of nitrogens with one attached hydrogen (secondary N) is 1. The molecular weight excluding hydrogens is 216 g/mol. The number of unbranched alkanes of at least 4 members (excludes halogenated alkanes) is 1. The smallest absolute Gasteiger partial charge is 0.320 e. The van der Waals surface area contributed by atoms with Crippen molar-refractivity contribution in [1.82, 2.24) is 5.32 Å². The summed E-state index contributed by atoms with van der Waals surface area (Å²) in [6.07, 6.45) is 1.54. The monoisotopic (exact) mass is 235 g/mol. The lowest BCUT2D eigenvalue weighted by molar-refractivity contribution is -0.140. The zero-order valence-corrected chi connectivity index (χ0v) is 9.29. The molecule has 0 spiro atoms. The van der Waals surface area contributed by atoms with Crippen LogP contribution < -0.4 is 5.32 Å².